The first-order valence-corrected chi connectivity index (χ1v) is 5.99. The summed E-state index contributed by atoms with van der Waals surface area (Å²) in [5.74, 6) is -1.93. The van der Waals surface area contributed by atoms with E-state index in [1.807, 2.05) is 6.07 Å². The largest absolute Gasteiger partial charge is 0.480 e. The first-order chi connectivity index (χ1) is 9.54. The molecule has 1 aromatic carbocycles. The summed E-state index contributed by atoms with van der Waals surface area (Å²) in [5.41, 5.74) is 0.604. The lowest BCUT2D eigenvalue weighted by molar-refractivity contribution is -0.137. The van der Waals surface area contributed by atoms with Crippen LogP contribution in [0.3, 0.4) is 0 Å². The van der Waals surface area contributed by atoms with Gasteiger partial charge in [-0.2, -0.15) is 5.26 Å². The Morgan fingerprint density at radius 1 is 1.40 bits per heavy atom. The average Bonchev–Trinajstić information content (AvgIpc) is 2.43. The summed E-state index contributed by atoms with van der Waals surface area (Å²) in [6.45, 7) is -0.195. The topological polar surface area (TPSA) is 102 Å². The molecule has 0 aliphatic carbocycles. The van der Waals surface area contributed by atoms with Gasteiger partial charge in [0.05, 0.1) is 0 Å². The van der Waals surface area contributed by atoms with Gasteiger partial charge in [-0.3, -0.25) is 9.59 Å². The number of hydrogen-bond acceptors (Lipinski definition) is 4. The lowest BCUT2D eigenvalue weighted by Gasteiger charge is -2.05. The van der Waals surface area contributed by atoms with Gasteiger partial charge in [-0.25, -0.2) is 0 Å². The molecule has 3 N–H and O–H groups in total. The Labute approximate surface area is 120 Å². The quantitative estimate of drug-likeness (QED) is 0.537. The number of amides is 1. The highest BCUT2D eigenvalue weighted by Crippen LogP contribution is 2.14. The Balaban J connectivity index is 2.58. The zero-order valence-corrected chi connectivity index (χ0v) is 11.1. The number of rotatable bonds is 6. The van der Waals surface area contributed by atoms with Gasteiger partial charge in [-0.1, -0.05) is 29.8 Å². The van der Waals surface area contributed by atoms with Gasteiger partial charge in [-0.05, 0) is 11.6 Å². The van der Waals surface area contributed by atoms with Crippen LogP contribution >= 0.6 is 11.6 Å². The zero-order chi connectivity index (χ0) is 15.0. The van der Waals surface area contributed by atoms with Crippen molar-refractivity contribution < 1.29 is 14.7 Å². The molecular formula is C13H12ClN3O3. The standard InChI is InChI=1S/C13H12ClN3O3/c14-11-4-2-1-3-9(11)6-16-7-10(5-15)13(20)17-8-12(18)19/h1-4,7,16H,6,8H2,(H,17,20)(H,18,19)/b10-7-. The number of benzene rings is 1. The van der Waals surface area contributed by atoms with E-state index >= 15 is 0 Å². The van der Waals surface area contributed by atoms with Gasteiger partial charge >= 0.3 is 5.97 Å². The van der Waals surface area contributed by atoms with E-state index in [4.69, 9.17) is 22.0 Å². The molecule has 0 bridgehead atoms. The third-order valence-electron chi connectivity index (χ3n) is 2.26. The summed E-state index contributed by atoms with van der Waals surface area (Å²) in [6, 6.07) is 8.83. The Morgan fingerprint density at radius 2 is 2.10 bits per heavy atom. The maximum Gasteiger partial charge on any atom is 0.322 e. The highest BCUT2D eigenvalue weighted by molar-refractivity contribution is 6.31. The maximum absolute atomic E-state index is 11.5. The van der Waals surface area contributed by atoms with E-state index in [-0.39, 0.29) is 5.57 Å². The van der Waals surface area contributed by atoms with Crippen molar-refractivity contribution in [1.82, 2.24) is 10.6 Å². The SMILES string of the molecule is N#C/C(=C/NCc1ccccc1Cl)C(=O)NCC(=O)O. The lowest BCUT2D eigenvalue weighted by atomic mass is 10.2. The van der Waals surface area contributed by atoms with Crippen molar-refractivity contribution >= 4 is 23.5 Å². The Bertz CT molecular complexity index is 578. The van der Waals surface area contributed by atoms with Crippen molar-refractivity contribution in [3.63, 3.8) is 0 Å². The summed E-state index contributed by atoms with van der Waals surface area (Å²) >= 11 is 5.95. The number of carboxylic acids is 1. The van der Waals surface area contributed by atoms with Crippen molar-refractivity contribution in [1.29, 1.82) is 5.26 Å². The van der Waals surface area contributed by atoms with Crippen LogP contribution in [0.2, 0.25) is 5.02 Å². The highest BCUT2D eigenvalue weighted by atomic mass is 35.5. The molecule has 0 radical (unpaired) electrons. The molecule has 0 atom stereocenters. The first kappa shape index (κ1) is 15.5. The minimum Gasteiger partial charge on any atom is -0.480 e. The molecule has 0 aliphatic heterocycles. The van der Waals surface area contributed by atoms with Crippen molar-refractivity contribution in [2.75, 3.05) is 6.54 Å². The van der Waals surface area contributed by atoms with E-state index in [1.54, 1.807) is 24.3 Å². The molecule has 0 aliphatic rings. The first-order valence-electron chi connectivity index (χ1n) is 5.61. The van der Waals surface area contributed by atoms with Crippen LogP contribution in [0.4, 0.5) is 0 Å². The number of nitrogens with one attached hydrogen (secondary N) is 2. The van der Waals surface area contributed by atoms with E-state index in [0.29, 0.717) is 11.6 Å². The summed E-state index contributed by atoms with van der Waals surface area (Å²) in [6.07, 6.45) is 1.22. The van der Waals surface area contributed by atoms with Crippen LogP contribution in [-0.2, 0) is 16.1 Å². The van der Waals surface area contributed by atoms with Crippen molar-refractivity contribution in [3.05, 3.63) is 46.6 Å². The number of halogens is 1. The Morgan fingerprint density at radius 3 is 2.70 bits per heavy atom. The normalized spacial score (nSPS) is 10.5. The second-order valence-electron chi connectivity index (χ2n) is 3.72. The molecule has 0 heterocycles. The number of aliphatic carboxylic acids is 1. The number of nitrogens with zero attached hydrogens (tertiary/aromatic N) is 1. The zero-order valence-electron chi connectivity index (χ0n) is 10.4. The molecule has 1 rings (SSSR count). The monoisotopic (exact) mass is 293 g/mol. The van der Waals surface area contributed by atoms with Crippen LogP contribution in [0.15, 0.2) is 36.0 Å². The van der Waals surface area contributed by atoms with E-state index < -0.39 is 18.4 Å². The minimum atomic E-state index is -1.18. The number of carbonyl (C=O) groups is 2. The van der Waals surface area contributed by atoms with Crippen LogP contribution in [0, 0.1) is 11.3 Å². The molecule has 0 aromatic heterocycles. The number of nitriles is 1. The van der Waals surface area contributed by atoms with E-state index in [2.05, 4.69) is 10.6 Å². The van der Waals surface area contributed by atoms with Crippen LogP contribution < -0.4 is 10.6 Å². The van der Waals surface area contributed by atoms with Gasteiger partial charge in [0.15, 0.2) is 0 Å². The fourth-order valence-electron chi connectivity index (χ4n) is 1.30. The minimum absolute atomic E-state index is 0.210. The summed E-state index contributed by atoms with van der Waals surface area (Å²) in [7, 11) is 0. The summed E-state index contributed by atoms with van der Waals surface area (Å²) in [4.78, 5) is 21.8. The smallest absolute Gasteiger partial charge is 0.322 e. The molecule has 104 valence electrons. The fraction of sp³-hybridized carbons (Fsp3) is 0.154. The predicted molar refractivity (Wildman–Crippen MR) is 72.6 cm³/mol. The van der Waals surface area contributed by atoms with Crippen LogP contribution in [0.5, 0.6) is 0 Å². The van der Waals surface area contributed by atoms with Gasteiger partial charge in [0.2, 0.25) is 0 Å². The molecule has 1 aromatic rings. The predicted octanol–water partition coefficient (Wildman–Crippen LogP) is 1.04. The molecular weight excluding hydrogens is 282 g/mol. The number of hydrogen-bond donors (Lipinski definition) is 3. The third-order valence-corrected chi connectivity index (χ3v) is 2.63. The summed E-state index contributed by atoms with van der Waals surface area (Å²) in [5, 5.41) is 22.7. The molecule has 0 fully saturated rings. The fourth-order valence-corrected chi connectivity index (χ4v) is 1.51. The van der Waals surface area contributed by atoms with E-state index in [0.717, 1.165) is 5.56 Å². The van der Waals surface area contributed by atoms with Crippen LogP contribution in [0.25, 0.3) is 0 Å². The number of carbonyl (C=O) groups excluding carboxylic acids is 1. The molecule has 7 heteroatoms. The molecule has 1 amide bonds. The van der Waals surface area contributed by atoms with Gasteiger partial charge in [0, 0.05) is 17.8 Å². The van der Waals surface area contributed by atoms with Crippen LogP contribution in [-0.4, -0.2) is 23.5 Å². The van der Waals surface area contributed by atoms with Gasteiger partial charge < -0.3 is 15.7 Å². The molecule has 0 unspecified atom stereocenters. The molecule has 0 saturated carbocycles. The van der Waals surface area contributed by atoms with Gasteiger partial charge in [0.1, 0.15) is 18.2 Å². The molecule has 0 spiro atoms. The second-order valence-corrected chi connectivity index (χ2v) is 4.13. The summed E-state index contributed by atoms with van der Waals surface area (Å²) < 4.78 is 0. The van der Waals surface area contributed by atoms with Crippen molar-refractivity contribution in [3.8, 4) is 6.07 Å². The average molecular weight is 294 g/mol. The lowest BCUT2D eigenvalue weighted by Crippen LogP contribution is -2.30. The highest BCUT2D eigenvalue weighted by Gasteiger charge is 2.09. The number of carboxylic acid groups (broad SMARTS) is 1. The van der Waals surface area contributed by atoms with Crippen molar-refractivity contribution in [2.45, 2.75) is 6.54 Å². The van der Waals surface area contributed by atoms with E-state index in [9.17, 15) is 9.59 Å². The van der Waals surface area contributed by atoms with Crippen LogP contribution in [0.1, 0.15) is 5.56 Å². The maximum atomic E-state index is 11.5. The van der Waals surface area contributed by atoms with Gasteiger partial charge in [0.25, 0.3) is 5.91 Å². The van der Waals surface area contributed by atoms with Crippen molar-refractivity contribution in [2.24, 2.45) is 0 Å². The van der Waals surface area contributed by atoms with E-state index in [1.165, 1.54) is 6.20 Å². The molecule has 20 heavy (non-hydrogen) atoms. The molecule has 0 saturated heterocycles. The second kappa shape index (κ2) is 7.81. The third kappa shape index (κ3) is 5.00. The van der Waals surface area contributed by atoms with Gasteiger partial charge in [-0.15, -0.1) is 0 Å². The Kier molecular flexibility index (Phi) is 6.07. The Hall–Kier alpha value is -2.52. The molecule has 6 nitrogen and oxygen atoms in total.